The van der Waals surface area contributed by atoms with Crippen molar-refractivity contribution in [1.82, 2.24) is 0 Å². The second kappa shape index (κ2) is 6.52. The SMILES string of the molecule is CC(Br)C1(Br)[CH]C(Br)=CC(S(=O)(=O)C(F)(F)C(F)(F)C(F)(F)F)=C1. The van der Waals surface area contributed by atoms with E-state index in [4.69, 9.17) is 0 Å². The molecule has 24 heavy (non-hydrogen) atoms. The number of sulfone groups is 1. The third-order valence-corrected chi connectivity index (χ3v) is 7.74. The van der Waals surface area contributed by atoms with E-state index < -0.39 is 41.2 Å². The molecule has 2 nitrogen and oxygen atoms in total. The Morgan fingerprint density at radius 2 is 1.58 bits per heavy atom. The van der Waals surface area contributed by atoms with Gasteiger partial charge in [0.1, 0.15) is 0 Å². The van der Waals surface area contributed by atoms with Crippen LogP contribution < -0.4 is 0 Å². The molecule has 0 N–H and O–H groups in total. The van der Waals surface area contributed by atoms with Gasteiger partial charge < -0.3 is 0 Å². The van der Waals surface area contributed by atoms with E-state index in [1.165, 1.54) is 13.3 Å². The first-order valence-corrected chi connectivity index (χ1v) is 9.74. The molecule has 0 spiro atoms. The van der Waals surface area contributed by atoms with Crippen LogP contribution >= 0.6 is 47.8 Å². The molecule has 0 heterocycles. The Balaban J connectivity index is 3.57. The van der Waals surface area contributed by atoms with Crippen LogP contribution in [0.4, 0.5) is 30.7 Å². The zero-order valence-corrected chi connectivity index (χ0v) is 16.9. The van der Waals surface area contributed by atoms with Crippen LogP contribution in [0.25, 0.3) is 0 Å². The maximum absolute atomic E-state index is 13.7. The highest BCUT2D eigenvalue weighted by atomic mass is 79.9. The highest BCUT2D eigenvalue weighted by Crippen LogP contribution is 2.52. The summed E-state index contributed by atoms with van der Waals surface area (Å²) >= 11 is 8.89. The van der Waals surface area contributed by atoms with Crippen molar-refractivity contribution in [2.75, 3.05) is 0 Å². The van der Waals surface area contributed by atoms with Gasteiger partial charge in [-0.15, -0.1) is 0 Å². The van der Waals surface area contributed by atoms with Gasteiger partial charge in [0.15, 0.2) is 0 Å². The Hall–Kier alpha value is 0.380. The van der Waals surface area contributed by atoms with Crippen molar-refractivity contribution < 1.29 is 39.2 Å². The lowest BCUT2D eigenvalue weighted by atomic mass is 9.98. The van der Waals surface area contributed by atoms with Crippen molar-refractivity contribution in [3.05, 3.63) is 28.0 Å². The van der Waals surface area contributed by atoms with Crippen molar-refractivity contribution in [3.63, 3.8) is 0 Å². The predicted molar refractivity (Wildman–Crippen MR) is 84.3 cm³/mol. The number of allylic oxidation sites excluding steroid dienone is 3. The largest absolute Gasteiger partial charge is 0.461 e. The fourth-order valence-corrected chi connectivity index (χ4v) is 4.93. The number of hydrogen-bond acceptors (Lipinski definition) is 2. The molecule has 2 unspecified atom stereocenters. The Morgan fingerprint density at radius 1 is 1.12 bits per heavy atom. The van der Waals surface area contributed by atoms with Gasteiger partial charge in [0.25, 0.3) is 0 Å². The molecule has 1 aliphatic carbocycles. The number of rotatable bonds is 4. The Labute approximate surface area is 157 Å². The summed E-state index contributed by atoms with van der Waals surface area (Å²) in [6.45, 7) is 1.47. The maximum atomic E-state index is 13.7. The molecule has 0 saturated carbocycles. The fraction of sp³-hybridized carbons (Fsp3) is 0.545. The Kier molecular flexibility index (Phi) is 6.09. The van der Waals surface area contributed by atoms with E-state index in [0.717, 1.165) is 0 Å². The summed E-state index contributed by atoms with van der Waals surface area (Å²) in [7, 11) is -6.36. The molecule has 0 fully saturated rings. The first kappa shape index (κ1) is 22.4. The average Bonchev–Trinajstić information content (AvgIpc) is 2.35. The van der Waals surface area contributed by atoms with Gasteiger partial charge in [-0.1, -0.05) is 54.7 Å². The smallest absolute Gasteiger partial charge is 0.217 e. The second-order valence-electron chi connectivity index (χ2n) is 4.76. The summed E-state index contributed by atoms with van der Waals surface area (Å²) in [5.74, 6) is -6.77. The molecule has 1 rings (SSSR count). The summed E-state index contributed by atoms with van der Waals surface area (Å²) in [5, 5.41) is -6.39. The number of alkyl halides is 9. The Bertz CT molecular complexity index is 682. The molecule has 0 saturated heterocycles. The molecule has 0 amide bonds. The first-order valence-electron chi connectivity index (χ1n) is 5.76. The third-order valence-electron chi connectivity index (χ3n) is 2.98. The normalized spacial score (nSPS) is 25.1. The number of halogens is 10. The van der Waals surface area contributed by atoms with Crippen molar-refractivity contribution in [1.29, 1.82) is 0 Å². The lowest BCUT2D eigenvalue weighted by Crippen LogP contribution is -2.56. The quantitative estimate of drug-likeness (QED) is 0.328. The van der Waals surface area contributed by atoms with Gasteiger partial charge in [0.05, 0.1) is 9.23 Å². The molecule has 0 aromatic heterocycles. The van der Waals surface area contributed by atoms with Crippen LogP contribution in [0, 0.1) is 6.42 Å². The lowest BCUT2D eigenvalue weighted by molar-refractivity contribution is -0.331. The van der Waals surface area contributed by atoms with Crippen molar-refractivity contribution >= 4 is 57.6 Å². The summed E-state index contributed by atoms with van der Waals surface area (Å²) in [6.07, 6.45) is -4.30. The molecule has 1 radical (unpaired) electrons. The topological polar surface area (TPSA) is 34.1 Å². The summed E-state index contributed by atoms with van der Waals surface area (Å²) < 4.78 is 112. The van der Waals surface area contributed by atoms with Crippen LogP contribution in [0.5, 0.6) is 0 Å². The van der Waals surface area contributed by atoms with E-state index >= 15 is 0 Å². The van der Waals surface area contributed by atoms with Gasteiger partial charge in [0, 0.05) is 15.7 Å². The summed E-state index contributed by atoms with van der Waals surface area (Å²) in [5.41, 5.74) is 0. The van der Waals surface area contributed by atoms with E-state index in [0.29, 0.717) is 12.2 Å². The van der Waals surface area contributed by atoms with E-state index in [2.05, 4.69) is 47.8 Å². The molecule has 139 valence electrons. The van der Waals surface area contributed by atoms with Gasteiger partial charge in [-0.2, -0.15) is 30.7 Å². The van der Waals surface area contributed by atoms with E-state index in [1.54, 1.807) is 0 Å². The zero-order valence-electron chi connectivity index (χ0n) is 11.3. The van der Waals surface area contributed by atoms with E-state index in [1.807, 2.05) is 0 Å². The fourth-order valence-electron chi connectivity index (χ4n) is 1.56. The standard InChI is InChI=1S/C11H7Br3F7O2S/c1-5(12)8(14)3-6(13)2-7(4-8)24(22,23)11(20,21)9(15,16)10(17,18)19/h2-5H,1H3. The molecule has 0 bridgehead atoms. The minimum atomic E-state index is -6.77. The van der Waals surface area contributed by atoms with Gasteiger partial charge in [-0.25, -0.2) is 8.42 Å². The van der Waals surface area contributed by atoms with Gasteiger partial charge in [0.2, 0.25) is 9.84 Å². The molecule has 13 heteroatoms. The predicted octanol–water partition coefficient (Wildman–Crippen LogP) is 5.49. The summed E-state index contributed by atoms with van der Waals surface area (Å²) in [6, 6.07) is 0. The van der Waals surface area contributed by atoms with E-state index in [9.17, 15) is 39.2 Å². The van der Waals surface area contributed by atoms with Crippen molar-refractivity contribution in [3.8, 4) is 0 Å². The molecule has 0 aromatic rings. The van der Waals surface area contributed by atoms with Crippen LogP contribution in [-0.2, 0) is 9.84 Å². The molecule has 1 aliphatic rings. The number of hydrogen-bond donors (Lipinski definition) is 0. The lowest BCUT2D eigenvalue weighted by Gasteiger charge is -2.33. The minimum absolute atomic E-state index is 0.0992. The van der Waals surface area contributed by atoms with E-state index in [-0.39, 0.29) is 4.48 Å². The first-order chi connectivity index (χ1) is 10.4. The van der Waals surface area contributed by atoms with Crippen LogP contribution in [-0.4, -0.2) is 34.9 Å². The van der Waals surface area contributed by atoms with Gasteiger partial charge in [-0.3, -0.25) is 0 Å². The highest BCUT2D eigenvalue weighted by molar-refractivity contribution is 9.13. The van der Waals surface area contributed by atoms with Gasteiger partial charge in [-0.05, 0) is 12.2 Å². The molecule has 0 aromatic carbocycles. The maximum Gasteiger partial charge on any atom is 0.461 e. The second-order valence-corrected chi connectivity index (χ2v) is 10.4. The zero-order chi connectivity index (χ0) is 19.4. The third kappa shape index (κ3) is 3.59. The van der Waals surface area contributed by atoms with Crippen molar-refractivity contribution in [2.24, 2.45) is 0 Å². The monoisotopic (exact) mass is 573 g/mol. The van der Waals surface area contributed by atoms with Crippen LogP contribution in [0.1, 0.15) is 6.92 Å². The molecule has 0 aliphatic heterocycles. The van der Waals surface area contributed by atoms with Gasteiger partial charge >= 0.3 is 17.4 Å². The van der Waals surface area contributed by atoms with Crippen LogP contribution in [0.2, 0.25) is 0 Å². The minimum Gasteiger partial charge on any atom is -0.217 e. The molecule has 2 atom stereocenters. The molecular formula is C11H7Br3F7O2S. The highest BCUT2D eigenvalue weighted by Gasteiger charge is 2.79. The summed E-state index contributed by atoms with van der Waals surface area (Å²) in [4.78, 5) is -2.00. The average molecular weight is 576 g/mol. The van der Waals surface area contributed by atoms with Crippen molar-refractivity contribution in [2.45, 2.75) is 33.4 Å². The van der Waals surface area contributed by atoms with Crippen LogP contribution in [0.15, 0.2) is 21.5 Å². The Morgan fingerprint density at radius 3 is 1.96 bits per heavy atom. The van der Waals surface area contributed by atoms with Crippen LogP contribution in [0.3, 0.4) is 0 Å². The molecular weight excluding hydrogens is 569 g/mol.